The summed E-state index contributed by atoms with van der Waals surface area (Å²) in [5, 5.41) is 8.34. The summed E-state index contributed by atoms with van der Waals surface area (Å²) in [5.74, 6) is 0.712. The number of aryl methyl sites for hydroxylation is 2. The maximum atomic E-state index is 4.70. The highest BCUT2D eigenvalue weighted by molar-refractivity contribution is 5.42. The van der Waals surface area contributed by atoms with Gasteiger partial charge in [0.1, 0.15) is 0 Å². The van der Waals surface area contributed by atoms with Gasteiger partial charge < -0.3 is 5.32 Å². The quantitative estimate of drug-likeness (QED) is 0.907. The van der Waals surface area contributed by atoms with Gasteiger partial charge >= 0.3 is 0 Å². The summed E-state index contributed by atoms with van der Waals surface area (Å²) >= 11 is 0. The molecule has 1 aromatic heterocycles. The minimum Gasteiger partial charge on any atom is -0.310 e. The van der Waals surface area contributed by atoms with Crippen LogP contribution in [0.1, 0.15) is 54.0 Å². The van der Waals surface area contributed by atoms with Crippen molar-refractivity contribution in [2.45, 2.75) is 58.0 Å². The van der Waals surface area contributed by atoms with Crippen LogP contribution in [0.15, 0.2) is 24.4 Å². The van der Waals surface area contributed by atoms with Crippen LogP contribution in [-0.2, 0) is 6.54 Å². The van der Waals surface area contributed by atoms with Gasteiger partial charge in [0.05, 0.1) is 17.6 Å². The molecular weight excluding hydrogens is 258 g/mol. The number of aromatic nitrogens is 2. The molecule has 1 N–H and O–H groups in total. The van der Waals surface area contributed by atoms with Crippen molar-refractivity contribution in [2.75, 3.05) is 0 Å². The molecule has 0 bridgehead atoms. The lowest BCUT2D eigenvalue weighted by molar-refractivity contribution is 0.679. The van der Waals surface area contributed by atoms with E-state index in [1.807, 2.05) is 0 Å². The van der Waals surface area contributed by atoms with Crippen LogP contribution < -0.4 is 5.32 Å². The van der Waals surface area contributed by atoms with Crippen molar-refractivity contribution in [1.29, 1.82) is 0 Å². The third-order valence-electron chi connectivity index (χ3n) is 4.46. The first-order chi connectivity index (χ1) is 10.2. The number of hydrogen-bond acceptors (Lipinski definition) is 2. The van der Waals surface area contributed by atoms with Crippen LogP contribution in [0, 0.1) is 13.8 Å². The molecular formula is C18H23N3. The fraction of sp³-hybridized carbons (Fsp3) is 0.500. The molecule has 2 saturated carbocycles. The molecule has 0 saturated heterocycles. The molecule has 0 unspecified atom stereocenters. The molecule has 3 nitrogen and oxygen atoms in total. The molecule has 0 aliphatic heterocycles. The normalized spacial score (nSPS) is 18.2. The van der Waals surface area contributed by atoms with E-state index >= 15 is 0 Å². The summed E-state index contributed by atoms with van der Waals surface area (Å²) in [4.78, 5) is 0. The predicted octanol–water partition coefficient (Wildman–Crippen LogP) is 3.62. The molecule has 2 aliphatic rings. The molecule has 1 heterocycles. The summed E-state index contributed by atoms with van der Waals surface area (Å²) in [6.07, 6.45) is 7.37. The van der Waals surface area contributed by atoms with Crippen molar-refractivity contribution in [1.82, 2.24) is 15.1 Å². The minimum atomic E-state index is 0.712. The molecule has 3 heteroatoms. The molecule has 110 valence electrons. The van der Waals surface area contributed by atoms with Crippen LogP contribution in [0.5, 0.6) is 0 Å². The Labute approximate surface area is 126 Å². The summed E-state index contributed by atoms with van der Waals surface area (Å²) in [6, 6.07) is 7.45. The van der Waals surface area contributed by atoms with Crippen LogP contribution in [0.4, 0.5) is 0 Å². The maximum absolute atomic E-state index is 4.70. The fourth-order valence-electron chi connectivity index (χ4n) is 3.14. The monoisotopic (exact) mass is 281 g/mol. The SMILES string of the molecule is Cc1cc(C)cc(-n2ncc(CNC3CC3)c2C2CC2)c1. The summed E-state index contributed by atoms with van der Waals surface area (Å²) in [7, 11) is 0. The number of rotatable bonds is 5. The smallest absolute Gasteiger partial charge is 0.0654 e. The number of hydrogen-bond donors (Lipinski definition) is 1. The first kappa shape index (κ1) is 13.1. The van der Waals surface area contributed by atoms with Gasteiger partial charge in [0.2, 0.25) is 0 Å². The Morgan fingerprint density at radius 3 is 2.43 bits per heavy atom. The number of benzene rings is 1. The molecule has 1 aromatic carbocycles. The van der Waals surface area contributed by atoms with E-state index in [1.165, 1.54) is 53.8 Å². The van der Waals surface area contributed by atoms with E-state index in [-0.39, 0.29) is 0 Å². The highest BCUT2D eigenvalue weighted by atomic mass is 15.3. The molecule has 0 amide bonds. The van der Waals surface area contributed by atoms with Crippen LogP contribution in [0.25, 0.3) is 5.69 Å². The second-order valence-corrected chi connectivity index (χ2v) is 6.74. The molecule has 0 spiro atoms. The highest BCUT2D eigenvalue weighted by Gasteiger charge is 2.31. The van der Waals surface area contributed by atoms with Crippen molar-refractivity contribution < 1.29 is 0 Å². The maximum Gasteiger partial charge on any atom is 0.0654 e. The standard InChI is InChI=1S/C18H23N3/c1-12-7-13(2)9-17(8-12)21-18(14-3-4-14)15(11-20-21)10-19-16-5-6-16/h7-9,11,14,16,19H,3-6,10H2,1-2H3. The van der Waals surface area contributed by atoms with E-state index in [0.29, 0.717) is 5.92 Å². The Kier molecular flexibility index (Phi) is 3.11. The molecule has 0 radical (unpaired) electrons. The van der Waals surface area contributed by atoms with E-state index in [4.69, 9.17) is 5.10 Å². The van der Waals surface area contributed by atoms with Crippen molar-refractivity contribution in [3.05, 3.63) is 46.8 Å². The Morgan fingerprint density at radius 1 is 1.10 bits per heavy atom. The lowest BCUT2D eigenvalue weighted by atomic mass is 10.1. The van der Waals surface area contributed by atoms with E-state index in [0.717, 1.165) is 12.6 Å². The molecule has 0 atom stereocenters. The van der Waals surface area contributed by atoms with E-state index in [2.05, 4.69) is 48.2 Å². The van der Waals surface area contributed by atoms with Crippen molar-refractivity contribution in [2.24, 2.45) is 0 Å². The Hall–Kier alpha value is -1.61. The van der Waals surface area contributed by atoms with Crippen LogP contribution >= 0.6 is 0 Å². The Morgan fingerprint density at radius 2 is 1.81 bits per heavy atom. The first-order valence-corrected chi connectivity index (χ1v) is 8.09. The molecule has 4 rings (SSSR count). The van der Waals surface area contributed by atoms with Crippen LogP contribution in [-0.4, -0.2) is 15.8 Å². The van der Waals surface area contributed by atoms with E-state index in [9.17, 15) is 0 Å². The molecule has 21 heavy (non-hydrogen) atoms. The van der Waals surface area contributed by atoms with Gasteiger partial charge in [0, 0.05) is 24.1 Å². The fourth-order valence-corrected chi connectivity index (χ4v) is 3.14. The van der Waals surface area contributed by atoms with Gasteiger partial charge in [-0.15, -0.1) is 0 Å². The minimum absolute atomic E-state index is 0.712. The van der Waals surface area contributed by atoms with Crippen molar-refractivity contribution in [3.63, 3.8) is 0 Å². The van der Waals surface area contributed by atoms with Crippen LogP contribution in [0.2, 0.25) is 0 Å². The van der Waals surface area contributed by atoms with Gasteiger partial charge in [-0.1, -0.05) is 6.07 Å². The predicted molar refractivity (Wildman–Crippen MR) is 84.9 cm³/mol. The zero-order valence-corrected chi connectivity index (χ0v) is 12.9. The summed E-state index contributed by atoms with van der Waals surface area (Å²) in [6.45, 7) is 5.29. The van der Waals surface area contributed by atoms with Crippen molar-refractivity contribution in [3.8, 4) is 5.69 Å². The third-order valence-corrected chi connectivity index (χ3v) is 4.46. The highest BCUT2D eigenvalue weighted by Crippen LogP contribution is 2.42. The van der Waals surface area contributed by atoms with Gasteiger partial charge in [-0.3, -0.25) is 0 Å². The second kappa shape index (κ2) is 4.99. The lowest BCUT2D eigenvalue weighted by Gasteiger charge is -2.11. The zero-order chi connectivity index (χ0) is 14.4. The van der Waals surface area contributed by atoms with Gasteiger partial charge in [-0.2, -0.15) is 5.10 Å². The van der Waals surface area contributed by atoms with E-state index in [1.54, 1.807) is 0 Å². The average Bonchev–Trinajstić information content (AvgIpc) is 3.35. The second-order valence-electron chi connectivity index (χ2n) is 6.74. The third kappa shape index (κ3) is 2.75. The Bertz CT molecular complexity index is 643. The Balaban J connectivity index is 1.70. The molecule has 2 aromatic rings. The van der Waals surface area contributed by atoms with Gasteiger partial charge in [-0.05, 0) is 62.8 Å². The first-order valence-electron chi connectivity index (χ1n) is 8.09. The molecule has 2 aliphatic carbocycles. The number of nitrogens with zero attached hydrogens (tertiary/aromatic N) is 2. The number of nitrogens with one attached hydrogen (secondary N) is 1. The topological polar surface area (TPSA) is 29.9 Å². The lowest BCUT2D eigenvalue weighted by Crippen LogP contribution is -2.16. The van der Waals surface area contributed by atoms with Gasteiger partial charge in [0.25, 0.3) is 0 Å². The van der Waals surface area contributed by atoms with Gasteiger partial charge in [-0.25, -0.2) is 4.68 Å². The largest absolute Gasteiger partial charge is 0.310 e. The zero-order valence-electron chi connectivity index (χ0n) is 12.9. The average molecular weight is 281 g/mol. The molecule has 2 fully saturated rings. The van der Waals surface area contributed by atoms with Gasteiger partial charge in [0.15, 0.2) is 0 Å². The summed E-state index contributed by atoms with van der Waals surface area (Å²) < 4.78 is 2.18. The summed E-state index contributed by atoms with van der Waals surface area (Å²) in [5.41, 5.74) is 6.66. The van der Waals surface area contributed by atoms with Crippen LogP contribution in [0.3, 0.4) is 0 Å². The van der Waals surface area contributed by atoms with E-state index < -0.39 is 0 Å². The van der Waals surface area contributed by atoms with Crippen molar-refractivity contribution >= 4 is 0 Å².